The van der Waals surface area contributed by atoms with E-state index >= 15 is 0 Å². The Kier molecular flexibility index (Phi) is 4.57. The third-order valence-corrected chi connectivity index (χ3v) is 3.23. The predicted octanol–water partition coefficient (Wildman–Crippen LogP) is 2.61. The molecule has 0 aliphatic heterocycles. The third-order valence-electron chi connectivity index (χ3n) is 2.63. The van der Waals surface area contributed by atoms with Gasteiger partial charge in [0.2, 0.25) is 5.88 Å². The number of alkyl halides is 3. The first-order valence-corrected chi connectivity index (χ1v) is 7.93. The van der Waals surface area contributed by atoms with Gasteiger partial charge in [0.15, 0.2) is 0 Å². The SMILES string of the molecule is CS(=O)(=O)OCCOc1ccc2cccc(C(F)(F)F)c2n1. The first-order chi connectivity index (χ1) is 10.2. The molecule has 0 radical (unpaired) electrons. The van der Waals surface area contributed by atoms with Gasteiger partial charge < -0.3 is 4.74 Å². The molecule has 22 heavy (non-hydrogen) atoms. The molecule has 0 aliphatic rings. The summed E-state index contributed by atoms with van der Waals surface area (Å²) in [6.07, 6.45) is -3.64. The maximum atomic E-state index is 12.9. The number of benzene rings is 1. The van der Waals surface area contributed by atoms with Crippen molar-refractivity contribution in [2.75, 3.05) is 19.5 Å². The van der Waals surface area contributed by atoms with E-state index < -0.39 is 21.9 Å². The van der Waals surface area contributed by atoms with Crippen LogP contribution >= 0.6 is 0 Å². The van der Waals surface area contributed by atoms with Crippen molar-refractivity contribution in [3.63, 3.8) is 0 Å². The van der Waals surface area contributed by atoms with Gasteiger partial charge in [-0.25, -0.2) is 4.98 Å². The molecule has 0 unspecified atom stereocenters. The largest absolute Gasteiger partial charge is 0.475 e. The first kappa shape index (κ1) is 16.5. The van der Waals surface area contributed by atoms with E-state index in [1.54, 1.807) is 0 Å². The summed E-state index contributed by atoms with van der Waals surface area (Å²) in [5.41, 5.74) is -1.08. The number of halogens is 3. The van der Waals surface area contributed by atoms with Crippen LogP contribution < -0.4 is 4.74 Å². The number of fused-ring (bicyclic) bond motifs is 1. The fourth-order valence-electron chi connectivity index (χ4n) is 1.77. The van der Waals surface area contributed by atoms with E-state index in [2.05, 4.69) is 9.17 Å². The molecule has 9 heteroatoms. The standard InChI is InChI=1S/C13H12F3NO4S/c1-22(18,19)21-8-7-20-11-6-5-9-3-2-4-10(12(9)17-11)13(14,15)16/h2-6H,7-8H2,1H3. The van der Waals surface area contributed by atoms with E-state index in [0.717, 1.165) is 12.3 Å². The van der Waals surface area contributed by atoms with Crippen molar-refractivity contribution in [3.05, 3.63) is 35.9 Å². The molecular weight excluding hydrogens is 323 g/mol. The summed E-state index contributed by atoms with van der Waals surface area (Å²) in [6, 6.07) is 6.60. The van der Waals surface area contributed by atoms with Gasteiger partial charge in [0, 0.05) is 11.5 Å². The Morgan fingerprint density at radius 2 is 1.86 bits per heavy atom. The fraction of sp³-hybridized carbons (Fsp3) is 0.308. The Bertz CT molecular complexity index is 774. The second-order valence-corrected chi connectivity index (χ2v) is 6.04. The lowest BCUT2D eigenvalue weighted by Gasteiger charge is -2.11. The third kappa shape index (κ3) is 4.31. The van der Waals surface area contributed by atoms with Crippen molar-refractivity contribution < 1.29 is 30.5 Å². The van der Waals surface area contributed by atoms with E-state index in [4.69, 9.17) is 4.74 Å². The number of hydrogen-bond donors (Lipinski definition) is 0. The van der Waals surface area contributed by atoms with E-state index in [-0.39, 0.29) is 24.6 Å². The Morgan fingerprint density at radius 1 is 1.14 bits per heavy atom. The number of pyridine rings is 1. The summed E-state index contributed by atoms with van der Waals surface area (Å²) >= 11 is 0. The van der Waals surface area contributed by atoms with Crippen LogP contribution in [-0.2, 0) is 20.5 Å². The van der Waals surface area contributed by atoms with Crippen molar-refractivity contribution in [1.82, 2.24) is 4.98 Å². The molecule has 0 atom stereocenters. The summed E-state index contributed by atoms with van der Waals surface area (Å²) in [5, 5.41) is 0.328. The van der Waals surface area contributed by atoms with Crippen molar-refractivity contribution in [2.24, 2.45) is 0 Å². The Morgan fingerprint density at radius 3 is 2.50 bits per heavy atom. The zero-order valence-electron chi connectivity index (χ0n) is 11.4. The molecule has 2 rings (SSSR count). The fourth-order valence-corrected chi connectivity index (χ4v) is 2.14. The molecule has 1 heterocycles. The molecule has 0 aliphatic carbocycles. The minimum atomic E-state index is -4.52. The molecule has 0 bridgehead atoms. The summed E-state index contributed by atoms with van der Waals surface area (Å²) in [5.74, 6) is -0.0405. The number of ether oxygens (including phenoxy) is 1. The molecule has 0 fully saturated rings. The summed E-state index contributed by atoms with van der Waals surface area (Å²) in [6.45, 7) is -0.404. The average molecular weight is 335 g/mol. The number of hydrogen-bond acceptors (Lipinski definition) is 5. The molecule has 0 amide bonds. The van der Waals surface area contributed by atoms with E-state index in [9.17, 15) is 21.6 Å². The molecule has 0 saturated carbocycles. The molecule has 5 nitrogen and oxygen atoms in total. The van der Waals surface area contributed by atoms with Crippen LogP contribution in [0.2, 0.25) is 0 Å². The van der Waals surface area contributed by atoms with Crippen LogP contribution in [0.25, 0.3) is 10.9 Å². The van der Waals surface area contributed by atoms with Gasteiger partial charge in [-0.1, -0.05) is 12.1 Å². The predicted molar refractivity (Wildman–Crippen MR) is 73.0 cm³/mol. The monoisotopic (exact) mass is 335 g/mol. The molecule has 0 saturated heterocycles. The highest BCUT2D eigenvalue weighted by molar-refractivity contribution is 7.85. The van der Waals surface area contributed by atoms with Gasteiger partial charge >= 0.3 is 6.18 Å². The molecule has 1 aromatic heterocycles. The summed E-state index contributed by atoms with van der Waals surface area (Å²) in [7, 11) is -3.59. The van der Waals surface area contributed by atoms with Crippen LogP contribution in [0.3, 0.4) is 0 Å². The number of aromatic nitrogens is 1. The second-order valence-electron chi connectivity index (χ2n) is 4.40. The minimum absolute atomic E-state index is 0.0405. The second kappa shape index (κ2) is 6.09. The van der Waals surface area contributed by atoms with Crippen LogP contribution in [-0.4, -0.2) is 32.9 Å². The van der Waals surface area contributed by atoms with Gasteiger partial charge in [-0.2, -0.15) is 21.6 Å². The van der Waals surface area contributed by atoms with Gasteiger partial charge in [0.05, 0.1) is 17.3 Å². The Balaban J connectivity index is 2.19. The van der Waals surface area contributed by atoms with Crippen molar-refractivity contribution in [3.8, 4) is 5.88 Å². The highest BCUT2D eigenvalue weighted by atomic mass is 32.2. The Labute approximate surface area is 124 Å². The lowest BCUT2D eigenvalue weighted by atomic mass is 10.1. The molecular formula is C13H12F3NO4S. The molecule has 1 aromatic carbocycles. The maximum absolute atomic E-state index is 12.9. The highest BCUT2D eigenvalue weighted by Gasteiger charge is 2.33. The lowest BCUT2D eigenvalue weighted by molar-refractivity contribution is -0.136. The van der Waals surface area contributed by atoms with Crippen LogP contribution in [0.5, 0.6) is 5.88 Å². The molecule has 0 spiro atoms. The first-order valence-electron chi connectivity index (χ1n) is 6.11. The van der Waals surface area contributed by atoms with Crippen molar-refractivity contribution in [2.45, 2.75) is 6.18 Å². The topological polar surface area (TPSA) is 65.5 Å². The van der Waals surface area contributed by atoms with Gasteiger partial charge in [-0.15, -0.1) is 0 Å². The van der Waals surface area contributed by atoms with E-state index in [1.165, 1.54) is 24.3 Å². The highest BCUT2D eigenvalue weighted by Crippen LogP contribution is 2.34. The van der Waals surface area contributed by atoms with Gasteiger partial charge in [0.25, 0.3) is 10.1 Å². The maximum Gasteiger partial charge on any atom is 0.418 e. The van der Waals surface area contributed by atoms with Crippen LogP contribution in [0, 0.1) is 0 Å². The summed E-state index contributed by atoms with van der Waals surface area (Å²) < 4.78 is 69.8. The van der Waals surface area contributed by atoms with Gasteiger partial charge in [-0.05, 0) is 12.1 Å². The van der Waals surface area contributed by atoms with Crippen molar-refractivity contribution >= 4 is 21.0 Å². The van der Waals surface area contributed by atoms with Gasteiger partial charge in [-0.3, -0.25) is 4.18 Å². The number of rotatable bonds is 5. The van der Waals surface area contributed by atoms with Gasteiger partial charge in [0.1, 0.15) is 13.2 Å². The zero-order valence-corrected chi connectivity index (χ0v) is 12.2. The molecule has 0 N–H and O–H groups in total. The zero-order chi connectivity index (χ0) is 16.4. The normalized spacial score (nSPS) is 12.5. The summed E-state index contributed by atoms with van der Waals surface area (Å²) in [4.78, 5) is 3.83. The smallest absolute Gasteiger partial charge is 0.418 e. The average Bonchev–Trinajstić information content (AvgIpc) is 2.40. The van der Waals surface area contributed by atoms with E-state index in [1.807, 2.05) is 0 Å². The molecule has 120 valence electrons. The number of nitrogens with zero attached hydrogens (tertiary/aromatic N) is 1. The number of para-hydroxylation sites is 1. The van der Waals surface area contributed by atoms with E-state index in [0.29, 0.717) is 5.39 Å². The van der Waals surface area contributed by atoms with Crippen molar-refractivity contribution in [1.29, 1.82) is 0 Å². The quantitative estimate of drug-likeness (QED) is 0.621. The van der Waals surface area contributed by atoms with Crippen LogP contribution in [0.4, 0.5) is 13.2 Å². The van der Waals surface area contributed by atoms with Crippen LogP contribution in [0.1, 0.15) is 5.56 Å². The Hall–Kier alpha value is -1.87. The van der Waals surface area contributed by atoms with Crippen LogP contribution in [0.15, 0.2) is 30.3 Å². The minimum Gasteiger partial charge on any atom is -0.475 e. The molecule has 2 aromatic rings. The lowest BCUT2D eigenvalue weighted by Crippen LogP contribution is -2.12.